The van der Waals surface area contributed by atoms with E-state index in [2.05, 4.69) is 15.7 Å². The van der Waals surface area contributed by atoms with E-state index in [1.165, 1.54) is 0 Å². The van der Waals surface area contributed by atoms with Crippen LogP contribution in [0.15, 0.2) is 30.3 Å². The number of nitrogens with zero attached hydrogens (tertiary/aromatic N) is 2. The van der Waals surface area contributed by atoms with Crippen molar-refractivity contribution in [2.75, 3.05) is 6.54 Å². The number of rotatable bonds is 7. The maximum absolute atomic E-state index is 12.8. The van der Waals surface area contributed by atoms with Crippen LogP contribution in [0.1, 0.15) is 53.0 Å². The molecule has 1 aliphatic heterocycles. The van der Waals surface area contributed by atoms with Gasteiger partial charge in [0.25, 0.3) is 5.91 Å². The van der Waals surface area contributed by atoms with Crippen molar-refractivity contribution in [3.8, 4) is 0 Å². The number of aliphatic hydroxyl groups is 1. The second kappa shape index (κ2) is 8.57. The van der Waals surface area contributed by atoms with Gasteiger partial charge in [-0.25, -0.2) is 0 Å². The first-order valence-corrected chi connectivity index (χ1v) is 10.4. The molecule has 1 unspecified atom stereocenters. The quantitative estimate of drug-likeness (QED) is 0.634. The molecule has 160 valence electrons. The van der Waals surface area contributed by atoms with Crippen LogP contribution in [-0.2, 0) is 36.2 Å². The summed E-state index contributed by atoms with van der Waals surface area (Å²) >= 11 is 0. The molecule has 8 nitrogen and oxygen atoms in total. The zero-order chi connectivity index (χ0) is 21.1. The Balaban J connectivity index is 1.35. The maximum Gasteiger partial charge on any atom is 0.270 e. The van der Waals surface area contributed by atoms with Gasteiger partial charge in [0.2, 0.25) is 5.91 Å². The average Bonchev–Trinajstić information content (AvgIpc) is 3.05. The zero-order valence-electron chi connectivity index (χ0n) is 17.2. The molecular weight excluding hydrogens is 384 g/mol. The first-order valence-electron chi connectivity index (χ1n) is 10.4. The van der Waals surface area contributed by atoms with Crippen LogP contribution in [0.3, 0.4) is 0 Å². The molecule has 0 saturated heterocycles. The summed E-state index contributed by atoms with van der Waals surface area (Å²) in [5.41, 5.74) is 2.35. The molecule has 4 rings (SSSR count). The van der Waals surface area contributed by atoms with Crippen LogP contribution in [0.5, 0.6) is 0 Å². The molecule has 0 radical (unpaired) electrons. The number of aromatic nitrogens is 2. The van der Waals surface area contributed by atoms with E-state index in [-0.39, 0.29) is 24.3 Å². The van der Waals surface area contributed by atoms with Gasteiger partial charge in [-0.3, -0.25) is 14.3 Å². The predicted molar refractivity (Wildman–Crippen MR) is 110 cm³/mol. The Bertz CT molecular complexity index is 921. The Morgan fingerprint density at radius 1 is 1.27 bits per heavy atom. The third kappa shape index (κ3) is 4.55. The normalized spacial score (nSPS) is 19.5. The molecule has 0 spiro atoms. The summed E-state index contributed by atoms with van der Waals surface area (Å²) in [4.78, 5) is 25.0. The van der Waals surface area contributed by atoms with Crippen molar-refractivity contribution < 1.29 is 19.4 Å². The monoisotopic (exact) mass is 412 g/mol. The molecule has 30 heavy (non-hydrogen) atoms. The summed E-state index contributed by atoms with van der Waals surface area (Å²) in [6, 6.07) is 9.74. The van der Waals surface area contributed by atoms with Crippen LogP contribution >= 0.6 is 0 Å². The Kier molecular flexibility index (Phi) is 5.87. The molecule has 1 aromatic carbocycles. The van der Waals surface area contributed by atoms with Crippen LogP contribution in [0.2, 0.25) is 0 Å². The fourth-order valence-electron chi connectivity index (χ4n) is 4.06. The van der Waals surface area contributed by atoms with Crippen molar-refractivity contribution in [3.63, 3.8) is 0 Å². The second-order valence-corrected chi connectivity index (χ2v) is 8.26. The fourth-order valence-corrected chi connectivity index (χ4v) is 4.06. The van der Waals surface area contributed by atoms with Gasteiger partial charge in [-0.05, 0) is 24.8 Å². The molecule has 2 aromatic rings. The second-order valence-electron chi connectivity index (χ2n) is 8.26. The number of carbonyl (C=O) groups is 2. The van der Waals surface area contributed by atoms with Crippen molar-refractivity contribution in [1.29, 1.82) is 0 Å². The van der Waals surface area contributed by atoms with Crippen LogP contribution in [0, 0.1) is 0 Å². The van der Waals surface area contributed by atoms with Crippen molar-refractivity contribution in [3.05, 3.63) is 52.8 Å². The third-order valence-corrected chi connectivity index (χ3v) is 5.93. The lowest BCUT2D eigenvalue weighted by molar-refractivity contribution is -0.130. The first kappa shape index (κ1) is 20.6. The number of carbonyl (C=O) groups excluding carboxylic acids is 2. The average molecular weight is 412 g/mol. The van der Waals surface area contributed by atoms with E-state index >= 15 is 0 Å². The molecule has 3 N–H and O–H groups in total. The Morgan fingerprint density at radius 2 is 2.03 bits per heavy atom. The summed E-state index contributed by atoms with van der Waals surface area (Å²) < 4.78 is 7.42. The molecule has 1 saturated carbocycles. The van der Waals surface area contributed by atoms with Crippen LogP contribution < -0.4 is 10.6 Å². The van der Waals surface area contributed by atoms with Crippen molar-refractivity contribution in [2.45, 2.75) is 57.0 Å². The largest absolute Gasteiger partial charge is 0.389 e. The lowest BCUT2D eigenvalue weighted by Gasteiger charge is -2.36. The summed E-state index contributed by atoms with van der Waals surface area (Å²) in [6.07, 6.45) is 2.73. The summed E-state index contributed by atoms with van der Waals surface area (Å²) in [6.45, 7) is 1.09. The molecule has 1 aliphatic carbocycles. The molecule has 2 aliphatic rings. The highest BCUT2D eigenvalue weighted by Gasteiger charge is 2.36. The van der Waals surface area contributed by atoms with Gasteiger partial charge in [0.05, 0.1) is 30.4 Å². The molecule has 1 fully saturated rings. The molecule has 2 amide bonds. The molecule has 1 atom stereocenters. The van der Waals surface area contributed by atoms with Crippen LogP contribution in [-0.4, -0.2) is 45.0 Å². The van der Waals surface area contributed by atoms with E-state index in [1.807, 2.05) is 30.3 Å². The van der Waals surface area contributed by atoms with E-state index in [0.717, 1.165) is 23.2 Å². The number of ether oxygens (including phenoxy) is 1. The lowest BCUT2D eigenvalue weighted by Crippen LogP contribution is -2.44. The number of benzene rings is 1. The van der Waals surface area contributed by atoms with E-state index < -0.39 is 5.60 Å². The van der Waals surface area contributed by atoms with Crippen LogP contribution in [0.25, 0.3) is 0 Å². The van der Waals surface area contributed by atoms with Crippen LogP contribution in [0.4, 0.5) is 0 Å². The van der Waals surface area contributed by atoms with E-state index in [4.69, 9.17) is 4.74 Å². The van der Waals surface area contributed by atoms with Gasteiger partial charge in [-0.2, -0.15) is 5.10 Å². The highest BCUT2D eigenvalue weighted by atomic mass is 16.5. The molecule has 8 heteroatoms. The van der Waals surface area contributed by atoms with E-state index in [1.54, 1.807) is 11.7 Å². The fraction of sp³-hybridized carbons (Fsp3) is 0.500. The summed E-state index contributed by atoms with van der Waals surface area (Å²) in [5.74, 6) is -0.342. The SMILES string of the molecule is Cn1nc2c(c1C(=O)NCc1ccccc1)CC(CNC(=O)CC1(O)CCC1)OC2. The minimum atomic E-state index is -0.835. The van der Waals surface area contributed by atoms with Gasteiger partial charge >= 0.3 is 0 Å². The Hall–Kier alpha value is -2.71. The number of hydrogen-bond donors (Lipinski definition) is 3. The van der Waals surface area contributed by atoms with Gasteiger partial charge in [-0.1, -0.05) is 30.3 Å². The van der Waals surface area contributed by atoms with E-state index in [0.29, 0.717) is 44.7 Å². The summed E-state index contributed by atoms with van der Waals surface area (Å²) in [7, 11) is 1.76. The van der Waals surface area contributed by atoms with E-state index in [9.17, 15) is 14.7 Å². The molecular formula is C22H28N4O4. The molecule has 0 bridgehead atoms. The smallest absolute Gasteiger partial charge is 0.270 e. The number of amides is 2. The number of aryl methyl sites for hydroxylation is 1. The topological polar surface area (TPSA) is 105 Å². The van der Waals surface area contributed by atoms with Crippen molar-refractivity contribution in [2.24, 2.45) is 7.05 Å². The Labute approximate surface area is 175 Å². The van der Waals surface area contributed by atoms with Gasteiger partial charge < -0.3 is 20.5 Å². The van der Waals surface area contributed by atoms with Gasteiger partial charge in [-0.15, -0.1) is 0 Å². The predicted octanol–water partition coefficient (Wildman–Crippen LogP) is 1.21. The number of fused-ring (bicyclic) bond motifs is 1. The van der Waals surface area contributed by atoms with Crippen molar-refractivity contribution in [1.82, 2.24) is 20.4 Å². The standard InChI is InChI=1S/C22H28N4O4/c1-26-20(21(28)24-12-15-6-3-2-4-7-15)17-10-16(30-14-18(17)25-26)13-23-19(27)11-22(29)8-5-9-22/h2-4,6-7,16,29H,5,8-14H2,1H3,(H,23,27)(H,24,28). The minimum Gasteiger partial charge on any atom is -0.389 e. The van der Waals surface area contributed by atoms with Crippen molar-refractivity contribution >= 4 is 11.8 Å². The molecule has 2 heterocycles. The third-order valence-electron chi connectivity index (χ3n) is 5.93. The van der Waals surface area contributed by atoms with Gasteiger partial charge in [0.1, 0.15) is 5.69 Å². The highest BCUT2D eigenvalue weighted by molar-refractivity contribution is 5.94. The number of hydrogen-bond acceptors (Lipinski definition) is 5. The lowest BCUT2D eigenvalue weighted by atomic mass is 9.78. The summed E-state index contributed by atoms with van der Waals surface area (Å²) in [5, 5.41) is 20.4. The van der Waals surface area contributed by atoms with Gasteiger partial charge in [0.15, 0.2) is 0 Å². The first-order chi connectivity index (χ1) is 14.4. The Morgan fingerprint density at radius 3 is 2.73 bits per heavy atom. The zero-order valence-corrected chi connectivity index (χ0v) is 17.2. The maximum atomic E-state index is 12.8. The minimum absolute atomic E-state index is 0.130. The number of nitrogens with one attached hydrogen (secondary N) is 2. The highest BCUT2D eigenvalue weighted by Crippen LogP contribution is 2.34. The van der Waals surface area contributed by atoms with Gasteiger partial charge in [0, 0.05) is 32.1 Å². The molecule has 1 aromatic heterocycles.